The van der Waals surface area contributed by atoms with Gasteiger partial charge in [0.05, 0.1) is 5.56 Å². The van der Waals surface area contributed by atoms with Crippen molar-refractivity contribution in [3.8, 4) is 0 Å². The van der Waals surface area contributed by atoms with E-state index in [9.17, 15) is 9.59 Å². The van der Waals surface area contributed by atoms with E-state index in [1.807, 2.05) is 19.9 Å². The van der Waals surface area contributed by atoms with E-state index in [4.69, 9.17) is 16.3 Å². The molecule has 23 heavy (non-hydrogen) atoms. The van der Waals surface area contributed by atoms with Crippen LogP contribution in [0, 0.1) is 20.8 Å². The van der Waals surface area contributed by atoms with Gasteiger partial charge in [-0.1, -0.05) is 23.7 Å². The van der Waals surface area contributed by atoms with E-state index in [2.05, 4.69) is 5.32 Å². The van der Waals surface area contributed by atoms with Crippen LogP contribution in [0.1, 0.15) is 27.0 Å². The van der Waals surface area contributed by atoms with Gasteiger partial charge in [0.15, 0.2) is 6.61 Å². The molecular formula is C18H18ClNO3. The van der Waals surface area contributed by atoms with Gasteiger partial charge in [-0.15, -0.1) is 0 Å². The van der Waals surface area contributed by atoms with Crippen molar-refractivity contribution in [2.75, 3.05) is 11.9 Å². The van der Waals surface area contributed by atoms with Crippen LogP contribution in [0.5, 0.6) is 0 Å². The van der Waals surface area contributed by atoms with Gasteiger partial charge in [0.25, 0.3) is 5.91 Å². The second-order valence-corrected chi connectivity index (χ2v) is 5.74. The highest BCUT2D eigenvalue weighted by molar-refractivity contribution is 6.31. The molecule has 0 fully saturated rings. The highest BCUT2D eigenvalue weighted by Crippen LogP contribution is 2.22. The number of hydrogen-bond acceptors (Lipinski definition) is 3. The quantitative estimate of drug-likeness (QED) is 0.859. The van der Waals surface area contributed by atoms with Crippen molar-refractivity contribution in [1.82, 2.24) is 0 Å². The van der Waals surface area contributed by atoms with Crippen LogP contribution in [0.2, 0.25) is 5.02 Å². The second-order valence-electron chi connectivity index (χ2n) is 5.34. The van der Waals surface area contributed by atoms with Crippen LogP contribution in [0.4, 0.5) is 5.69 Å². The topological polar surface area (TPSA) is 55.4 Å². The van der Waals surface area contributed by atoms with E-state index in [1.165, 1.54) is 0 Å². The van der Waals surface area contributed by atoms with Crippen molar-refractivity contribution in [2.45, 2.75) is 20.8 Å². The molecule has 0 heterocycles. The number of benzene rings is 2. The number of halogens is 1. The van der Waals surface area contributed by atoms with Crippen molar-refractivity contribution < 1.29 is 14.3 Å². The monoisotopic (exact) mass is 331 g/mol. The molecule has 1 N–H and O–H groups in total. The fraction of sp³-hybridized carbons (Fsp3) is 0.222. The molecule has 5 heteroatoms. The third kappa shape index (κ3) is 4.33. The average Bonchev–Trinajstić information content (AvgIpc) is 2.52. The molecule has 0 saturated heterocycles. The van der Waals surface area contributed by atoms with Crippen molar-refractivity contribution in [3.63, 3.8) is 0 Å². The molecule has 0 spiro atoms. The number of carbonyl (C=O) groups is 2. The Bertz CT molecular complexity index is 756. The summed E-state index contributed by atoms with van der Waals surface area (Å²) in [6.07, 6.45) is 0. The molecule has 0 aromatic heterocycles. The van der Waals surface area contributed by atoms with Gasteiger partial charge in [-0.25, -0.2) is 4.79 Å². The number of carbonyl (C=O) groups excluding carboxylic acids is 2. The van der Waals surface area contributed by atoms with Crippen LogP contribution in [0.3, 0.4) is 0 Å². The summed E-state index contributed by atoms with van der Waals surface area (Å²) >= 11 is 6.00. The first-order chi connectivity index (χ1) is 10.9. The van der Waals surface area contributed by atoms with Crippen molar-refractivity contribution in [1.29, 1.82) is 0 Å². The summed E-state index contributed by atoms with van der Waals surface area (Å²) in [6, 6.07) is 10.5. The minimum absolute atomic E-state index is 0.349. The summed E-state index contributed by atoms with van der Waals surface area (Å²) in [4.78, 5) is 23.9. The summed E-state index contributed by atoms with van der Waals surface area (Å²) in [5.41, 5.74) is 3.89. The smallest absolute Gasteiger partial charge is 0.338 e. The molecule has 0 atom stereocenters. The number of rotatable bonds is 4. The maximum Gasteiger partial charge on any atom is 0.338 e. The zero-order valence-corrected chi connectivity index (χ0v) is 14.0. The highest BCUT2D eigenvalue weighted by Gasteiger charge is 2.12. The van der Waals surface area contributed by atoms with Crippen molar-refractivity contribution in [2.24, 2.45) is 0 Å². The summed E-state index contributed by atoms with van der Waals surface area (Å²) < 4.78 is 5.04. The molecule has 0 aliphatic heterocycles. The predicted octanol–water partition coefficient (Wildman–Crippen LogP) is 4.06. The van der Waals surface area contributed by atoms with Gasteiger partial charge in [-0.2, -0.15) is 0 Å². The standard InChI is InChI=1S/C18H18ClNO3/c1-11-7-8-14(9-12(11)2)18(22)23-10-17(21)20-16-6-4-5-15(19)13(16)3/h4-9H,10H2,1-3H3,(H,20,21). The van der Waals surface area contributed by atoms with Gasteiger partial charge >= 0.3 is 5.97 Å². The zero-order valence-electron chi connectivity index (χ0n) is 13.3. The molecular weight excluding hydrogens is 314 g/mol. The van der Waals surface area contributed by atoms with Crippen LogP contribution in [0.15, 0.2) is 36.4 Å². The molecule has 2 aromatic carbocycles. The van der Waals surface area contributed by atoms with Gasteiger partial charge in [0.2, 0.25) is 0 Å². The number of aryl methyl sites for hydroxylation is 2. The lowest BCUT2D eigenvalue weighted by molar-refractivity contribution is -0.119. The van der Waals surface area contributed by atoms with E-state index in [0.29, 0.717) is 16.3 Å². The lowest BCUT2D eigenvalue weighted by atomic mass is 10.1. The Labute approximate surface area is 140 Å². The molecule has 0 unspecified atom stereocenters. The fourth-order valence-electron chi connectivity index (χ4n) is 2.01. The van der Waals surface area contributed by atoms with Crippen molar-refractivity contribution in [3.05, 3.63) is 63.7 Å². The first-order valence-electron chi connectivity index (χ1n) is 7.18. The number of amides is 1. The molecule has 0 bridgehead atoms. The van der Waals surface area contributed by atoms with Crippen LogP contribution in [-0.2, 0) is 9.53 Å². The number of hydrogen-bond donors (Lipinski definition) is 1. The lowest BCUT2D eigenvalue weighted by Crippen LogP contribution is -2.21. The Balaban J connectivity index is 1.94. The number of esters is 1. The minimum Gasteiger partial charge on any atom is -0.452 e. The Morgan fingerprint density at radius 3 is 2.52 bits per heavy atom. The predicted molar refractivity (Wildman–Crippen MR) is 91.0 cm³/mol. The maximum absolute atomic E-state index is 12.0. The molecule has 0 aliphatic rings. The van der Waals surface area contributed by atoms with E-state index in [-0.39, 0.29) is 6.61 Å². The van der Waals surface area contributed by atoms with Gasteiger partial charge in [0.1, 0.15) is 0 Å². The summed E-state index contributed by atoms with van der Waals surface area (Å²) in [6.45, 7) is 5.34. The summed E-state index contributed by atoms with van der Waals surface area (Å²) in [5, 5.41) is 3.24. The third-order valence-corrected chi connectivity index (χ3v) is 4.03. The zero-order chi connectivity index (χ0) is 17.0. The summed E-state index contributed by atoms with van der Waals surface area (Å²) in [7, 11) is 0. The van der Waals surface area contributed by atoms with E-state index >= 15 is 0 Å². The van der Waals surface area contributed by atoms with Crippen LogP contribution in [0.25, 0.3) is 0 Å². The average molecular weight is 332 g/mol. The highest BCUT2D eigenvalue weighted by atomic mass is 35.5. The molecule has 120 valence electrons. The van der Waals surface area contributed by atoms with Crippen molar-refractivity contribution >= 4 is 29.2 Å². The first-order valence-corrected chi connectivity index (χ1v) is 7.55. The van der Waals surface area contributed by atoms with E-state index in [0.717, 1.165) is 16.7 Å². The molecule has 4 nitrogen and oxygen atoms in total. The third-order valence-electron chi connectivity index (χ3n) is 3.62. The van der Waals surface area contributed by atoms with Crippen LogP contribution < -0.4 is 5.32 Å². The Morgan fingerprint density at radius 2 is 1.83 bits per heavy atom. The molecule has 2 aromatic rings. The Hall–Kier alpha value is -2.33. The number of anilines is 1. The lowest BCUT2D eigenvalue weighted by Gasteiger charge is -2.10. The maximum atomic E-state index is 12.0. The fourth-order valence-corrected chi connectivity index (χ4v) is 2.19. The molecule has 0 saturated carbocycles. The largest absolute Gasteiger partial charge is 0.452 e. The minimum atomic E-state index is -0.522. The van der Waals surface area contributed by atoms with Gasteiger partial charge in [-0.3, -0.25) is 4.79 Å². The normalized spacial score (nSPS) is 10.3. The van der Waals surface area contributed by atoms with Gasteiger partial charge in [-0.05, 0) is 61.7 Å². The van der Waals surface area contributed by atoms with Gasteiger partial charge in [0, 0.05) is 10.7 Å². The molecule has 0 aliphatic carbocycles. The van der Waals surface area contributed by atoms with E-state index < -0.39 is 11.9 Å². The van der Waals surface area contributed by atoms with Crippen LogP contribution in [-0.4, -0.2) is 18.5 Å². The first kappa shape index (κ1) is 17.0. The molecule has 1 amide bonds. The number of nitrogens with one attached hydrogen (secondary N) is 1. The number of ether oxygens (including phenoxy) is 1. The Kier molecular flexibility index (Phi) is 5.40. The molecule has 0 radical (unpaired) electrons. The Morgan fingerprint density at radius 1 is 1.09 bits per heavy atom. The SMILES string of the molecule is Cc1ccc(C(=O)OCC(=O)Nc2cccc(Cl)c2C)cc1C. The van der Waals surface area contributed by atoms with Crippen LogP contribution >= 0.6 is 11.6 Å². The molecule has 2 rings (SSSR count). The van der Waals surface area contributed by atoms with E-state index in [1.54, 1.807) is 37.3 Å². The van der Waals surface area contributed by atoms with Gasteiger partial charge < -0.3 is 10.1 Å². The summed E-state index contributed by atoms with van der Waals surface area (Å²) in [5.74, 6) is -0.932. The second kappa shape index (κ2) is 7.29.